The summed E-state index contributed by atoms with van der Waals surface area (Å²) in [5, 5.41) is 11.9. The Labute approximate surface area is 126 Å². The van der Waals surface area contributed by atoms with E-state index < -0.39 is 5.97 Å². The summed E-state index contributed by atoms with van der Waals surface area (Å²) in [6, 6.07) is 6.77. The number of likely N-dealkylation sites (N-methyl/N-ethyl adjacent to an activating group) is 1. The molecule has 0 amide bonds. The molecule has 5 nitrogen and oxygen atoms in total. The van der Waals surface area contributed by atoms with E-state index in [0.717, 1.165) is 36.0 Å². The highest BCUT2D eigenvalue weighted by molar-refractivity contribution is 7.10. The van der Waals surface area contributed by atoms with Crippen LogP contribution in [0.2, 0.25) is 0 Å². The van der Waals surface area contributed by atoms with Gasteiger partial charge in [0.2, 0.25) is 0 Å². The molecule has 0 spiro atoms. The Morgan fingerprint density at radius 2 is 2.19 bits per heavy atom. The number of hydrogen-bond acceptors (Lipinski definition) is 5. The van der Waals surface area contributed by atoms with Crippen molar-refractivity contribution in [1.82, 2.24) is 9.88 Å². The third kappa shape index (κ3) is 3.12. The fourth-order valence-corrected chi connectivity index (χ4v) is 3.15. The van der Waals surface area contributed by atoms with E-state index in [0.29, 0.717) is 0 Å². The number of morpholine rings is 1. The number of carboxylic acids is 1. The van der Waals surface area contributed by atoms with E-state index >= 15 is 0 Å². The Hall–Kier alpha value is -1.76. The fourth-order valence-electron chi connectivity index (χ4n) is 2.28. The predicted molar refractivity (Wildman–Crippen MR) is 80.7 cm³/mol. The van der Waals surface area contributed by atoms with E-state index in [2.05, 4.69) is 16.9 Å². The number of aromatic carboxylic acids is 1. The molecule has 1 aromatic carbocycles. The van der Waals surface area contributed by atoms with Crippen LogP contribution in [0.1, 0.15) is 21.5 Å². The van der Waals surface area contributed by atoms with Crippen LogP contribution in [-0.4, -0.2) is 47.7 Å². The van der Waals surface area contributed by atoms with Gasteiger partial charge < -0.3 is 14.7 Å². The molecule has 1 aliphatic rings. The van der Waals surface area contributed by atoms with Crippen molar-refractivity contribution in [3.05, 3.63) is 40.2 Å². The van der Waals surface area contributed by atoms with Gasteiger partial charge in [-0.15, -0.1) is 11.3 Å². The van der Waals surface area contributed by atoms with Crippen LogP contribution in [0.4, 0.5) is 0 Å². The van der Waals surface area contributed by atoms with E-state index in [-0.39, 0.29) is 11.7 Å². The van der Waals surface area contributed by atoms with Gasteiger partial charge in [0.1, 0.15) is 11.1 Å². The Morgan fingerprint density at radius 1 is 1.43 bits per heavy atom. The third-order valence-electron chi connectivity index (χ3n) is 3.49. The topological polar surface area (TPSA) is 62.7 Å². The van der Waals surface area contributed by atoms with Crippen LogP contribution in [0, 0.1) is 0 Å². The van der Waals surface area contributed by atoms with Crippen molar-refractivity contribution in [3.63, 3.8) is 0 Å². The summed E-state index contributed by atoms with van der Waals surface area (Å²) >= 11 is 1.58. The number of aromatic nitrogens is 1. The maximum Gasteiger partial charge on any atom is 0.335 e. The molecule has 21 heavy (non-hydrogen) atoms. The second-order valence-electron chi connectivity index (χ2n) is 5.08. The first-order valence-corrected chi connectivity index (χ1v) is 7.61. The number of carboxylic acid groups (broad SMARTS) is 1. The molecule has 3 rings (SSSR count). The van der Waals surface area contributed by atoms with Crippen molar-refractivity contribution in [3.8, 4) is 11.3 Å². The largest absolute Gasteiger partial charge is 0.478 e. The summed E-state index contributed by atoms with van der Waals surface area (Å²) in [5.41, 5.74) is 2.07. The van der Waals surface area contributed by atoms with Crippen molar-refractivity contribution in [2.24, 2.45) is 0 Å². The van der Waals surface area contributed by atoms with E-state index in [1.165, 1.54) is 0 Å². The Balaban J connectivity index is 1.79. The smallest absolute Gasteiger partial charge is 0.335 e. The highest BCUT2D eigenvalue weighted by Gasteiger charge is 2.22. The molecule has 0 aliphatic carbocycles. The van der Waals surface area contributed by atoms with E-state index in [9.17, 15) is 4.79 Å². The van der Waals surface area contributed by atoms with Crippen molar-refractivity contribution in [2.75, 3.05) is 26.7 Å². The van der Waals surface area contributed by atoms with Gasteiger partial charge in [0.05, 0.1) is 17.9 Å². The molecular formula is C15H16N2O3S. The first-order valence-electron chi connectivity index (χ1n) is 6.73. The summed E-state index contributed by atoms with van der Waals surface area (Å²) < 4.78 is 5.76. The maximum atomic E-state index is 10.9. The van der Waals surface area contributed by atoms with Crippen LogP contribution >= 0.6 is 11.3 Å². The second-order valence-corrected chi connectivity index (χ2v) is 5.96. The minimum atomic E-state index is -0.917. The highest BCUT2D eigenvalue weighted by Crippen LogP contribution is 2.29. The average molecular weight is 304 g/mol. The molecule has 110 valence electrons. The molecule has 1 unspecified atom stereocenters. The van der Waals surface area contributed by atoms with Crippen molar-refractivity contribution in [2.45, 2.75) is 6.10 Å². The van der Waals surface area contributed by atoms with Gasteiger partial charge in [-0.3, -0.25) is 0 Å². The van der Waals surface area contributed by atoms with Gasteiger partial charge in [-0.25, -0.2) is 9.78 Å². The lowest BCUT2D eigenvalue weighted by atomic mass is 10.1. The summed E-state index contributed by atoms with van der Waals surface area (Å²) in [6.07, 6.45) is 0.0285. The van der Waals surface area contributed by atoms with Crippen LogP contribution in [0.5, 0.6) is 0 Å². The Morgan fingerprint density at radius 3 is 2.86 bits per heavy atom. The van der Waals surface area contributed by atoms with Crippen LogP contribution < -0.4 is 0 Å². The minimum Gasteiger partial charge on any atom is -0.478 e. The van der Waals surface area contributed by atoms with Gasteiger partial charge >= 0.3 is 5.97 Å². The number of hydrogen-bond donors (Lipinski definition) is 1. The molecule has 2 heterocycles. The zero-order valence-corrected chi connectivity index (χ0v) is 12.5. The van der Waals surface area contributed by atoms with Crippen LogP contribution in [-0.2, 0) is 4.74 Å². The highest BCUT2D eigenvalue weighted by atomic mass is 32.1. The minimum absolute atomic E-state index is 0.0285. The Bertz CT molecular complexity index is 639. The summed E-state index contributed by atoms with van der Waals surface area (Å²) in [4.78, 5) is 17.7. The van der Waals surface area contributed by atoms with Gasteiger partial charge in [-0.2, -0.15) is 0 Å². The van der Waals surface area contributed by atoms with Crippen LogP contribution in [0.25, 0.3) is 11.3 Å². The molecule has 1 atom stereocenters. The number of nitrogens with zero attached hydrogens (tertiary/aromatic N) is 2. The molecule has 1 fully saturated rings. The van der Waals surface area contributed by atoms with Crippen LogP contribution in [0.15, 0.2) is 29.6 Å². The Kier molecular flexibility index (Phi) is 4.01. The van der Waals surface area contributed by atoms with Gasteiger partial charge in [-0.05, 0) is 19.2 Å². The fraction of sp³-hybridized carbons (Fsp3) is 0.333. The van der Waals surface area contributed by atoms with Crippen molar-refractivity contribution >= 4 is 17.3 Å². The predicted octanol–water partition coefficient (Wildman–Crippen LogP) is 2.51. The van der Waals surface area contributed by atoms with Crippen molar-refractivity contribution in [1.29, 1.82) is 0 Å². The number of thiazole rings is 1. The molecule has 0 saturated carbocycles. The lowest BCUT2D eigenvalue weighted by Crippen LogP contribution is -2.35. The number of ether oxygens (including phenoxy) is 1. The second kappa shape index (κ2) is 5.93. The van der Waals surface area contributed by atoms with Gasteiger partial charge in [0.25, 0.3) is 0 Å². The van der Waals surface area contributed by atoms with Gasteiger partial charge in [-0.1, -0.05) is 12.1 Å². The number of carbonyl (C=O) groups is 1. The first-order chi connectivity index (χ1) is 10.1. The molecule has 6 heteroatoms. The van der Waals surface area contributed by atoms with Crippen molar-refractivity contribution < 1.29 is 14.6 Å². The number of benzene rings is 1. The molecule has 1 N–H and O–H groups in total. The zero-order chi connectivity index (χ0) is 14.8. The standard InChI is InChI=1S/C15H16N2O3S/c1-17-6-7-20-13(8-17)14-16-12(9-21-14)10-2-4-11(5-3-10)15(18)19/h2-5,9,13H,6-8H2,1H3,(H,18,19). The maximum absolute atomic E-state index is 10.9. The van der Waals surface area contributed by atoms with Crippen LogP contribution in [0.3, 0.4) is 0 Å². The quantitative estimate of drug-likeness (QED) is 0.944. The normalized spacial score (nSPS) is 19.6. The monoisotopic (exact) mass is 304 g/mol. The molecule has 0 bridgehead atoms. The van der Waals surface area contributed by atoms with E-state index in [1.807, 2.05) is 5.38 Å². The molecule has 1 aromatic heterocycles. The summed E-state index contributed by atoms with van der Waals surface area (Å²) in [5.74, 6) is -0.917. The van der Waals surface area contributed by atoms with Gasteiger partial charge in [0, 0.05) is 24.0 Å². The zero-order valence-electron chi connectivity index (χ0n) is 11.7. The lowest BCUT2D eigenvalue weighted by Gasteiger charge is -2.28. The third-order valence-corrected chi connectivity index (χ3v) is 4.43. The molecule has 2 aromatic rings. The molecule has 1 saturated heterocycles. The average Bonchev–Trinajstić information content (AvgIpc) is 2.97. The van der Waals surface area contributed by atoms with E-state index in [1.54, 1.807) is 35.6 Å². The lowest BCUT2D eigenvalue weighted by molar-refractivity contribution is -0.0209. The molecule has 0 radical (unpaired) electrons. The summed E-state index contributed by atoms with van der Waals surface area (Å²) in [6.45, 7) is 2.53. The molecule has 1 aliphatic heterocycles. The number of rotatable bonds is 3. The summed E-state index contributed by atoms with van der Waals surface area (Å²) in [7, 11) is 2.08. The molecular weight excluding hydrogens is 288 g/mol. The van der Waals surface area contributed by atoms with E-state index in [4.69, 9.17) is 9.84 Å². The SMILES string of the molecule is CN1CCOC(c2nc(-c3ccc(C(=O)O)cc3)cs2)C1. The van der Waals surface area contributed by atoms with Gasteiger partial charge in [0.15, 0.2) is 0 Å². The first kappa shape index (κ1) is 14.2.